The summed E-state index contributed by atoms with van der Waals surface area (Å²) in [6.07, 6.45) is -0.731. The van der Waals surface area contributed by atoms with Gasteiger partial charge in [0.1, 0.15) is 5.75 Å². The molecule has 0 saturated heterocycles. The maximum Gasteiger partial charge on any atom is 0.271 e. The van der Waals surface area contributed by atoms with Gasteiger partial charge in [0.25, 0.3) is 11.6 Å². The summed E-state index contributed by atoms with van der Waals surface area (Å²) in [5, 5.41) is 13.5. The lowest BCUT2D eigenvalue weighted by Crippen LogP contribution is -2.30. The molecule has 1 N–H and O–H groups in total. The van der Waals surface area contributed by atoms with Crippen LogP contribution < -0.4 is 10.1 Å². The van der Waals surface area contributed by atoms with Crippen LogP contribution >= 0.6 is 0 Å². The third-order valence-corrected chi connectivity index (χ3v) is 3.85. The molecule has 24 heavy (non-hydrogen) atoms. The predicted octanol–water partition coefficient (Wildman–Crippen LogP) is 3.93. The fraction of sp³-hybridized carbons (Fsp3) is 0.278. The summed E-state index contributed by atoms with van der Waals surface area (Å²) in [5.74, 6) is 0.244. The van der Waals surface area contributed by atoms with Crippen molar-refractivity contribution in [1.29, 1.82) is 0 Å². The van der Waals surface area contributed by atoms with Crippen LogP contribution in [0.5, 0.6) is 5.75 Å². The predicted molar refractivity (Wildman–Crippen MR) is 92.5 cm³/mol. The van der Waals surface area contributed by atoms with Crippen molar-refractivity contribution in [2.45, 2.75) is 33.8 Å². The van der Waals surface area contributed by atoms with Gasteiger partial charge in [-0.3, -0.25) is 14.9 Å². The molecule has 0 aromatic heterocycles. The van der Waals surface area contributed by atoms with Crippen LogP contribution in [0, 0.1) is 30.9 Å². The van der Waals surface area contributed by atoms with Crippen molar-refractivity contribution >= 4 is 17.3 Å². The zero-order chi connectivity index (χ0) is 17.9. The normalized spacial score (nSPS) is 11.7. The molecular weight excluding hydrogens is 308 g/mol. The highest BCUT2D eigenvalue weighted by atomic mass is 16.6. The summed E-state index contributed by atoms with van der Waals surface area (Å²) in [5.41, 5.74) is 3.30. The molecule has 0 aliphatic rings. The number of hydrogen-bond acceptors (Lipinski definition) is 4. The van der Waals surface area contributed by atoms with Crippen LogP contribution in [-0.4, -0.2) is 16.9 Å². The second-order valence-electron chi connectivity index (χ2n) is 5.75. The number of amides is 1. The van der Waals surface area contributed by atoms with E-state index in [0.717, 1.165) is 16.7 Å². The second kappa shape index (κ2) is 7.12. The van der Waals surface area contributed by atoms with E-state index in [2.05, 4.69) is 5.32 Å². The number of nitro benzene ring substituents is 1. The van der Waals surface area contributed by atoms with E-state index in [4.69, 9.17) is 4.74 Å². The minimum Gasteiger partial charge on any atom is -0.481 e. The van der Waals surface area contributed by atoms with Crippen LogP contribution in [-0.2, 0) is 4.79 Å². The molecule has 1 atom stereocenters. The molecule has 0 unspecified atom stereocenters. The lowest BCUT2D eigenvalue weighted by molar-refractivity contribution is -0.384. The number of hydrogen-bond donors (Lipinski definition) is 1. The fourth-order valence-electron chi connectivity index (χ4n) is 2.14. The Hall–Kier alpha value is -2.89. The van der Waals surface area contributed by atoms with E-state index in [1.165, 1.54) is 12.1 Å². The smallest absolute Gasteiger partial charge is 0.271 e. The van der Waals surface area contributed by atoms with E-state index in [9.17, 15) is 14.9 Å². The van der Waals surface area contributed by atoms with Gasteiger partial charge in [0.05, 0.1) is 10.6 Å². The van der Waals surface area contributed by atoms with Gasteiger partial charge >= 0.3 is 0 Å². The molecule has 0 aliphatic carbocycles. The molecule has 126 valence electrons. The first-order valence-corrected chi connectivity index (χ1v) is 7.57. The second-order valence-corrected chi connectivity index (χ2v) is 5.75. The van der Waals surface area contributed by atoms with Gasteiger partial charge in [0, 0.05) is 12.1 Å². The van der Waals surface area contributed by atoms with Gasteiger partial charge in [-0.1, -0.05) is 12.1 Å². The van der Waals surface area contributed by atoms with Gasteiger partial charge in [-0.15, -0.1) is 0 Å². The molecule has 0 fully saturated rings. The number of carbonyl (C=O) groups is 1. The Kier molecular flexibility index (Phi) is 5.18. The van der Waals surface area contributed by atoms with Gasteiger partial charge in [0.15, 0.2) is 6.10 Å². The largest absolute Gasteiger partial charge is 0.481 e. The molecular formula is C18H20N2O4. The average Bonchev–Trinajstić information content (AvgIpc) is 2.52. The molecule has 2 aromatic carbocycles. The Morgan fingerprint density at radius 3 is 2.38 bits per heavy atom. The molecule has 0 aliphatic heterocycles. The van der Waals surface area contributed by atoms with E-state index >= 15 is 0 Å². The molecule has 1 amide bonds. The number of anilines is 1. The monoisotopic (exact) mass is 328 g/mol. The van der Waals surface area contributed by atoms with Gasteiger partial charge in [-0.25, -0.2) is 0 Å². The Morgan fingerprint density at radius 1 is 1.08 bits per heavy atom. The van der Waals surface area contributed by atoms with Crippen molar-refractivity contribution in [1.82, 2.24) is 0 Å². The first kappa shape index (κ1) is 17.5. The summed E-state index contributed by atoms with van der Waals surface area (Å²) in [7, 11) is 0. The van der Waals surface area contributed by atoms with Crippen LogP contribution in [0.2, 0.25) is 0 Å². The highest BCUT2D eigenvalue weighted by Gasteiger charge is 2.17. The van der Waals surface area contributed by atoms with Crippen molar-refractivity contribution in [3.8, 4) is 5.75 Å². The first-order valence-electron chi connectivity index (χ1n) is 7.57. The SMILES string of the molecule is Cc1ccc(O[C@H](C)C(=O)Nc2cc([N+](=O)[O-])ccc2C)cc1C. The lowest BCUT2D eigenvalue weighted by atomic mass is 10.1. The van der Waals surface area contributed by atoms with Crippen molar-refractivity contribution in [3.05, 3.63) is 63.2 Å². The molecule has 0 radical (unpaired) electrons. The number of benzene rings is 2. The quantitative estimate of drug-likeness (QED) is 0.666. The number of non-ortho nitro benzene ring substituents is 1. The summed E-state index contributed by atoms with van der Waals surface area (Å²) >= 11 is 0. The number of aryl methyl sites for hydroxylation is 3. The fourth-order valence-corrected chi connectivity index (χ4v) is 2.14. The zero-order valence-electron chi connectivity index (χ0n) is 14.1. The lowest BCUT2D eigenvalue weighted by Gasteiger charge is -2.16. The van der Waals surface area contributed by atoms with Gasteiger partial charge in [-0.05, 0) is 56.5 Å². The molecule has 0 bridgehead atoms. The number of nitrogens with one attached hydrogen (secondary N) is 1. The van der Waals surface area contributed by atoms with Gasteiger partial charge in [0.2, 0.25) is 0 Å². The Labute approximate surface area is 140 Å². The van der Waals surface area contributed by atoms with E-state index in [-0.39, 0.29) is 11.6 Å². The molecule has 2 aromatic rings. The highest BCUT2D eigenvalue weighted by molar-refractivity contribution is 5.95. The van der Waals surface area contributed by atoms with Crippen LogP contribution in [0.15, 0.2) is 36.4 Å². The highest BCUT2D eigenvalue weighted by Crippen LogP contribution is 2.23. The maximum atomic E-state index is 12.3. The minimum absolute atomic E-state index is 0.0707. The van der Waals surface area contributed by atoms with Crippen molar-refractivity contribution in [2.75, 3.05) is 5.32 Å². The summed E-state index contributed by atoms with van der Waals surface area (Å²) < 4.78 is 5.66. The summed E-state index contributed by atoms with van der Waals surface area (Å²) in [6.45, 7) is 7.38. The first-order chi connectivity index (χ1) is 11.3. The summed E-state index contributed by atoms with van der Waals surface area (Å²) in [4.78, 5) is 22.7. The molecule has 6 nitrogen and oxygen atoms in total. The van der Waals surface area contributed by atoms with Crippen molar-refractivity contribution in [2.24, 2.45) is 0 Å². The third-order valence-electron chi connectivity index (χ3n) is 3.85. The van der Waals surface area contributed by atoms with E-state index < -0.39 is 11.0 Å². The van der Waals surface area contributed by atoms with Gasteiger partial charge in [-0.2, -0.15) is 0 Å². The van der Waals surface area contributed by atoms with E-state index in [1.54, 1.807) is 19.9 Å². The number of nitro groups is 1. The van der Waals surface area contributed by atoms with E-state index in [1.807, 2.05) is 32.0 Å². The molecule has 6 heteroatoms. The number of ether oxygens (including phenoxy) is 1. The Balaban J connectivity index is 2.10. The average molecular weight is 328 g/mol. The Bertz CT molecular complexity index is 787. The third kappa shape index (κ3) is 4.10. The van der Waals surface area contributed by atoms with Crippen molar-refractivity contribution in [3.63, 3.8) is 0 Å². The molecule has 0 heterocycles. The van der Waals surface area contributed by atoms with Crippen molar-refractivity contribution < 1.29 is 14.5 Å². The maximum absolute atomic E-state index is 12.3. The van der Waals surface area contributed by atoms with Crippen LogP contribution in [0.25, 0.3) is 0 Å². The number of nitrogens with zero attached hydrogens (tertiary/aromatic N) is 1. The molecule has 0 saturated carbocycles. The van der Waals surface area contributed by atoms with E-state index in [0.29, 0.717) is 11.4 Å². The standard InChI is InChI=1S/C18H20N2O4/c1-11-6-8-16(9-13(11)3)24-14(4)18(21)19-17-10-15(20(22)23)7-5-12(17)2/h5-10,14H,1-4H3,(H,19,21)/t14-/m1/s1. The number of carbonyl (C=O) groups excluding carboxylic acids is 1. The number of rotatable bonds is 5. The van der Waals surface area contributed by atoms with Crippen LogP contribution in [0.4, 0.5) is 11.4 Å². The summed E-state index contributed by atoms with van der Waals surface area (Å²) in [6, 6.07) is 9.96. The molecule has 0 spiro atoms. The van der Waals surface area contributed by atoms with Gasteiger partial charge < -0.3 is 10.1 Å². The topological polar surface area (TPSA) is 81.5 Å². The van der Waals surface area contributed by atoms with Crippen LogP contribution in [0.1, 0.15) is 23.6 Å². The zero-order valence-corrected chi connectivity index (χ0v) is 14.1. The minimum atomic E-state index is -0.731. The van der Waals surface area contributed by atoms with Crippen LogP contribution in [0.3, 0.4) is 0 Å². The Morgan fingerprint density at radius 2 is 1.75 bits per heavy atom. The molecule has 2 rings (SSSR count).